The first kappa shape index (κ1) is 21.0. The van der Waals surface area contributed by atoms with Crippen molar-refractivity contribution in [2.45, 2.75) is 38.1 Å². The summed E-state index contributed by atoms with van der Waals surface area (Å²) in [5.41, 5.74) is 4.06. The fourth-order valence-corrected chi connectivity index (χ4v) is 4.33. The number of anilines is 2. The Morgan fingerprint density at radius 1 is 1.03 bits per heavy atom. The van der Waals surface area contributed by atoms with Crippen LogP contribution in [-0.4, -0.2) is 33.4 Å². The number of aromatic nitrogens is 3. The molecule has 0 bridgehead atoms. The van der Waals surface area contributed by atoms with Crippen molar-refractivity contribution in [1.82, 2.24) is 19.7 Å². The van der Waals surface area contributed by atoms with Crippen LogP contribution in [0.4, 0.5) is 11.5 Å². The van der Waals surface area contributed by atoms with Gasteiger partial charge in [0.2, 0.25) is 0 Å². The lowest BCUT2D eigenvalue weighted by Gasteiger charge is -2.22. The van der Waals surface area contributed by atoms with Crippen LogP contribution in [0.5, 0.6) is 5.75 Å². The maximum atomic E-state index is 12.6. The highest BCUT2D eigenvalue weighted by atomic mass is 16.5. The average molecular weight is 442 g/mol. The minimum atomic E-state index is -0.00625. The van der Waals surface area contributed by atoms with Crippen LogP contribution in [0.2, 0.25) is 0 Å². The number of hydrogen-bond acceptors (Lipinski definition) is 5. The van der Waals surface area contributed by atoms with E-state index in [2.05, 4.69) is 15.6 Å². The summed E-state index contributed by atoms with van der Waals surface area (Å²) in [6.45, 7) is 0. The van der Waals surface area contributed by atoms with Crippen molar-refractivity contribution in [3.05, 3.63) is 72.7 Å². The van der Waals surface area contributed by atoms with E-state index in [9.17, 15) is 4.79 Å². The predicted molar refractivity (Wildman–Crippen MR) is 129 cm³/mol. The van der Waals surface area contributed by atoms with Crippen LogP contribution < -0.4 is 15.4 Å². The number of amides is 1. The molecule has 0 atom stereocenters. The number of fused-ring (bicyclic) bond motifs is 1. The molecule has 0 aliphatic heterocycles. The lowest BCUT2D eigenvalue weighted by Crippen LogP contribution is -2.36. The maximum Gasteiger partial charge on any atom is 0.251 e. The van der Waals surface area contributed by atoms with E-state index in [1.54, 1.807) is 19.5 Å². The first-order valence-corrected chi connectivity index (χ1v) is 11.4. The second-order valence-corrected chi connectivity index (χ2v) is 8.35. The van der Waals surface area contributed by atoms with Gasteiger partial charge in [-0.1, -0.05) is 19.3 Å². The zero-order valence-electron chi connectivity index (χ0n) is 18.6. The molecule has 4 aromatic rings. The van der Waals surface area contributed by atoms with Crippen molar-refractivity contribution in [2.75, 3.05) is 12.4 Å². The number of carbonyl (C=O) groups excluding carboxylic acids is 1. The van der Waals surface area contributed by atoms with E-state index >= 15 is 0 Å². The van der Waals surface area contributed by atoms with Crippen LogP contribution in [0, 0.1) is 0 Å². The second-order valence-electron chi connectivity index (χ2n) is 8.35. The molecule has 1 saturated carbocycles. The summed E-state index contributed by atoms with van der Waals surface area (Å²) in [6, 6.07) is 15.7. The largest absolute Gasteiger partial charge is 0.497 e. The second kappa shape index (κ2) is 9.32. The summed E-state index contributed by atoms with van der Waals surface area (Å²) in [4.78, 5) is 21.6. The number of ether oxygens (including phenoxy) is 1. The molecule has 2 heterocycles. The molecule has 2 aromatic carbocycles. The van der Waals surface area contributed by atoms with Gasteiger partial charge in [-0.05, 0) is 61.4 Å². The molecule has 1 aliphatic carbocycles. The Kier molecular flexibility index (Phi) is 5.93. The summed E-state index contributed by atoms with van der Waals surface area (Å²) in [5.74, 6) is 1.62. The highest BCUT2D eigenvalue weighted by Crippen LogP contribution is 2.32. The Balaban J connectivity index is 1.39. The average Bonchev–Trinajstić information content (AvgIpc) is 3.23. The normalized spacial score (nSPS) is 14.2. The van der Waals surface area contributed by atoms with Gasteiger partial charge in [-0.25, -0.2) is 4.98 Å². The van der Waals surface area contributed by atoms with Crippen LogP contribution in [-0.2, 0) is 0 Å². The number of methoxy groups -OCH3 is 1. The molecule has 0 saturated heterocycles. The van der Waals surface area contributed by atoms with Crippen molar-refractivity contribution in [3.8, 4) is 17.0 Å². The molecule has 5 rings (SSSR count). The Labute approximate surface area is 192 Å². The van der Waals surface area contributed by atoms with Crippen molar-refractivity contribution < 1.29 is 9.53 Å². The molecular formula is C26H27N5O2. The Hall–Kier alpha value is -3.87. The van der Waals surface area contributed by atoms with E-state index in [1.165, 1.54) is 19.3 Å². The molecule has 168 valence electrons. The zero-order chi connectivity index (χ0) is 22.6. The summed E-state index contributed by atoms with van der Waals surface area (Å²) in [5, 5.41) is 6.65. The minimum absolute atomic E-state index is 0.00625. The van der Waals surface area contributed by atoms with E-state index in [0.29, 0.717) is 11.6 Å². The molecule has 2 aromatic heterocycles. The molecule has 1 fully saturated rings. The Morgan fingerprint density at radius 2 is 1.79 bits per heavy atom. The fraction of sp³-hybridized carbons (Fsp3) is 0.269. The molecule has 1 amide bonds. The van der Waals surface area contributed by atoms with Gasteiger partial charge in [0, 0.05) is 35.2 Å². The van der Waals surface area contributed by atoms with Gasteiger partial charge in [-0.2, -0.15) is 0 Å². The van der Waals surface area contributed by atoms with Crippen LogP contribution in [0.15, 0.2) is 67.1 Å². The third-order valence-corrected chi connectivity index (χ3v) is 6.14. The SMILES string of the molecule is COc1ccc(-c2nc3cnccn3c2Nc2ccc(C(=O)NC3CCCCC3)cc2)cc1. The topological polar surface area (TPSA) is 80.6 Å². The molecule has 7 heteroatoms. The molecule has 2 N–H and O–H groups in total. The van der Waals surface area contributed by atoms with E-state index < -0.39 is 0 Å². The van der Waals surface area contributed by atoms with Crippen LogP contribution in [0.25, 0.3) is 16.9 Å². The number of nitrogens with zero attached hydrogens (tertiary/aromatic N) is 3. The van der Waals surface area contributed by atoms with E-state index in [1.807, 2.05) is 59.1 Å². The first-order chi connectivity index (χ1) is 16.2. The number of benzene rings is 2. The van der Waals surface area contributed by atoms with Crippen molar-refractivity contribution >= 4 is 23.1 Å². The molecule has 33 heavy (non-hydrogen) atoms. The third kappa shape index (κ3) is 4.53. The van der Waals surface area contributed by atoms with Gasteiger partial charge in [-0.15, -0.1) is 0 Å². The molecular weight excluding hydrogens is 414 g/mol. The van der Waals surface area contributed by atoms with Gasteiger partial charge in [0.05, 0.1) is 13.3 Å². The van der Waals surface area contributed by atoms with E-state index in [4.69, 9.17) is 9.72 Å². The summed E-state index contributed by atoms with van der Waals surface area (Å²) < 4.78 is 7.25. The molecule has 0 spiro atoms. The van der Waals surface area contributed by atoms with E-state index in [0.717, 1.165) is 47.0 Å². The van der Waals surface area contributed by atoms with Gasteiger partial charge in [0.25, 0.3) is 5.91 Å². The predicted octanol–water partition coefficient (Wildman–Crippen LogP) is 5.21. The van der Waals surface area contributed by atoms with Gasteiger partial charge in [-0.3, -0.25) is 14.2 Å². The van der Waals surface area contributed by atoms with Gasteiger partial charge < -0.3 is 15.4 Å². The van der Waals surface area contributed by atoms with Gasteiger partial charge in [0.1, 0.15) is 17.3 Å². The van der Waals surface area contributed by atoms with Crippen molar-refractivity contribution in [1.29, 1.82) is 0 Å². The standard InChI is InChI=1S/C26H27N5O2/c1-33-22-13-9-18(10-14-22)24-25(31-16-15-27-17-23(31)30-24)28-21-11-7-19(8-12-21)26(32)29-20-5-3-2-4-6-20/h7-17,20,28H,2-6H2,1H3,(H,29,32). The highest BCUT2D eigenvalue weighted by Gasteiger charge is 2.17. The minimum Gasteiger partial charge on any atom is -0.497 e. The van der Waals surface area contributed by atoms with Crippen LogP contribution in [0.3, 0.4) is 0 Å². The number of nitrogens with one attached hydrogen (secondary N) is 2. The zero-order valence-corrected chi connectivity index (χ0v) is 18.6. The number of carbonyl (C=O) groups is 1. The fourth-order valence-electron chi connectivity index (χ4n) is 4.33. The third-order valence-electron chi connectivity index (χ3n) is 6.14. The van der Waals surface area contributed by atoms with Crippen LogP contribution in [0.1, 0.15) is 42.5 Å². The maximum absolute atomic E-state index is 12.6. The first-order valence-electron chi connectivity index (χ1n) is 11.4. The number of imidazole rings is 1. The molecule has 7 nitrogen and oxygen atoms in total. The van der Waals surface area contributed by atoms with E-state index in [-0.39, 0.29) is 5.91 Å². The molecule has 1 aliphatic rings. The Morgan fingerprint density at radius 3 is 2.52 bits per heavy atom. The van der Waals surface area contributed by atoms with Crippen molar-refractivity contribution in [3.63, 3.8) is 0 Å². The quantitative estimate of drug-likeness (QED) is 0.429. The number of rotatable bonds is 6. The monoisotopic (exact) mass is 441 g/mol. The summed E-state index contributed by atoms with van der Waals surface area (Å²) in [7, 11) is 1.65. The molecule has 0 radical (unpaired) electrons. The lowest BCUT2D eigenvalue weighted by atomic mass is 9.95. The summed E-state index contributed by atoms with van der Waals surface area (Å²) in [6.07, 6.45) is 11.1. The lowest BCUT2D eigenvalue weighted by molar-refractivity contribution is 0.0927. The summed E-state index contributed by atoms with van der Waals surface area (Å²) >= 11 is 0. The van der Waals surface area contributed by atoms with Gasteiger partial charge in [0.15, 0.2) is 5.65 Å². The highest BCUT2D eigenvalue weighted by molar-refractivity contribution is 5.95. The molecule has 0 unspecified atom stereocenters. The smallest absolute Gasteiger partial charge is 0.251 e. The number of hydrogen-bond donors (Lipinski definition) is 2. The Bertz CT molecular complexity index is 1240. The van der Waals surface area contributed by atoms with Crippen LogP contribution >= 0.6 is 0 Å². The van der Waals surface area contributed by atoms with Crippen molar-refractivity contribution in [2.24, 2.45) is 0 Å². The van der Waals surface area contributed by atoms with Gasteiger partial charge >= 0.3 is 0 Å².